The Kier molecular flexibility index (Phi) is 3.37. The molecule has 0 aromatic rings. The van der Waals surface area contributed by atoms with E-state index >= 15 is 0 Å². The molecule has 1 nitrogen and oxygen atoms in total. The highest BCUT2D eigenvalue weighted by Gasteiger charge is 2.23. The molecule has 0 radical (unpaired) electrons. The van der Waals surface area contributed by atoms with E-state index in [4.69, 9.17) is 27.1 Å². The van der Waals surface area contributed by atoms with Gasteiger partial charge < -0.3 is 4.74 Å². The molecule has 0 bridgehead atoms. The van der Waals surface area contributed by atoms with Gasteiger partial charge in [0.1, 0.15) is 0 Å². The van der Waals surface area contributed by atoms with E-state index < -0.39 is 7.15 Å². The van der Waals surface area contributed by atoms with Gasteiger partial charge in [0, 0.05) is 11.9 Å². The van der Waals surface area contributed by atoms with Crippen LogP contribution in [0.2, 0.25) is 0 Å². The van der Waals surface area contributed by atoms with Crippen LogP contribution in [0.4, 0.5) is 0 Å². The van der Waals surface area contributed by atoms with Crippen molar-refractivity contribution in [1.82, 2.24) is 0 Å². The second-order valence-corrected chi connectivity index (χ2v) is 9.71. The van der Waals surface area contributed by atoms with Crippen molar-refractivity contribution in [1.29, 1.82) is 0 Å². The maximum atomic E-state index is 5.61. The lowest BCUT2D eigenvalue weighted by molar-refractivity contribution is 0.106. The first-order chi connectivity index (χ1) is 6.68. The average molecular weight is 246 g/mol. The zero-order valence-corrected chi connectivity index (χ0v) is 10.4. The molecule has 2 rings (SSSR count). The van der Waals surface area contributed by atoms with E-state index in [2.05, 4.69) is 12.2 Å². The van der Waals surface area contributed by atoms with E-state index in [0.29, 0.717) is 11.4 Å². The molecule has 1 saturated heterocycles. The number of hydrogen-bond acceptors (Lipinski definition) is 3. The molecule has 4 heteroatoms. The fraction of sp³-hybridized carbons (Fsp3) is 0.600. The first-order valence-electron chi connectivity index (χ1n) is 4.89. The van der Waals surface area contributed by atoms with Gasteiger partial charge in [-0.1, -0.05) is 25.4 Å². The average Bonchev–Trinajstić information content (AvgIpc) is 2.61. The third kappa shape index (κ3) is 2.42. The Labute approximate surface area is 95.0 Å². The van der Waals surface area contributed by atoms with Crippen LogP contribution in [0.25, 0.3) is 0 Å². The molecule has 2 atom stereocenters. The minimum atomic E-state index is -1.39. The lowest BCUT2D eigenvalue weighted by Crippen LogP contribution is -2.22. The molecule has 2 heterocycles. The van der Waals surface area contributed by atoms with Gasteiger partial charge in [0.25, 0.3) is 0 Å². The molecule has 0 aromatic carbocycles. The van der Waals surface area contributed by atoms with Crippen LogP contribution in [0.5, 0.6) is 0 Å². The summed E-state index contributed by atoms with van der Waals surface area (Å²) in [7, 11) is -1.39. The van der Waals surface area contributed by atoms with Crippen molar-refractivity contribution in [2.45, 2.75) is 30.6 Å². The maximum Gasteiger partial charge on any atom is 0.0589 e. The smallest absolute Gasteiger partial charge is 0.0589 e. The van der Waals surface area contributed by atoms with Crippen molar-refractivity contribution >= 4 is 29.5 Å². The van der Waals surface area contributed by atoms with Gasteiger partial charge in [0.15, 0.2) is 0 Å². The summed E-state index contributed by atoms with van der Waals surface area (Å²) < 4.78 is 5.61. The molecular formula is C10H14OS3. The zero-order valence-electron chi connectivity index (χ0n) is 7.93. The summed E-state index contributed by atoms with van der Waals surface area (Å²) in [6.45, 7) is 0.911. The quantitative estimate of drug-likeness (QED) is 0.738. The fourth-order valence-electron chi connectivity index (χ4n) is 1.86. The first-order valence-corrected chi connectivity index (χ1v) is 8.50. The van der Waals surface area contributed by atoms with E-state index in [-0.39, 0.29) is 0 Å². The highest BCUT2D eigenvalue weighted by Crippen LogP contribution is 2.24. The summed E-state index contributed by atoms with van der Waals surface area (Å²) >= 11 is 10.9. The van der Waals surface area contributed by atoms with Crippen LogP contribution in [-0.4, -0.2) is 18.0 Å². The number of rotatable bonds is 2. The summed E-state index contributed by atoms with van der Waals surface area (Å²) in [5.41, 5.74) is 0. The Morgan fingerprint density at radius 3 is 2.86 bits per heavy atom. The summed E-state index contributed by atoms with van der Waals surface area (Å²) in [6.07, 6.45) is 9.99. The molecular weight excluding hydrogens is 232 g/mol. The summed E-state index contributed by atoms with van der Waals surface area (Å²) in [5.74, 6) is 0. The minimum Gasteiger partial charge on any atom is -0.378 e. The van der Waals surface area contributed by atoms with Crippen LogP contribution >= 0.6 is 0 Å². The van der Waals surface area contributed by atoms with Gasteiger partial charge in [-0.2, -0.15) is 0 Å². The van der Waals surface area contributed by atoms with E-state index in [1.54, 1.807) is 0 Å². The SMILES string of the molecule is S=S1(=S)C=CC=CC1CC1CCCO1. The molecule has 0 saturated carbocycles. The molecule has 2 unspecified atom stereocenters. The Bertz CT molecular complexity index is 348. The van der Waals surface area contributed by atoms with Crippen molar-refractivity contribution in [2.75, 3.05) is 6.61 Å². The number of hydrogen-bond donors (Lipinski definition) is 0. The van der Waals surface area contributed by atoms with Crippen LogP contribution in [0.3, 0.4) is 0 Å². The van der Waals surface area contributed by atoms with Crippen molar-refractivity contribution in [2.24, 2.45) is 0 Å². The lowest BCUT2D eigenvalue weighted by atomic mass is 10.1. The summed E-state index contributed by atoms with van der Waals surface area (Å²) in [4.78, 5) is 0. The maximum absolute atomic E-state index is 5.61. The Balaban J connectivity index is 2.03. The summed E-state index contributed by atoms with van der Waals surface area (Å²) in [5, 5.41) is 2.39. The van der Waals surface area contributed by atoms with Crippen LogP contribution in [-0.2, 0) is 34.3 Å². The third-order valence-electron chi connectivity index (χ3n) is 2.65. The van der Waals surface area contributed by atoms with E-state index in [9.17, 15) is 0 Å². The molecule has 14 heavy (non-hydrogen) atoms. The molecule has 0 N–H and O–H groups in total. The van der Waals surface area contributed by atoms with Crippen LogP contribution in [0.1, 0.15) is 19.3 Å². The lowest BCUT2D eigenvalue weighted by Gasteiger charge is -2.21. The van der Waals surface area contributed by atoms with Crippen molar-refractivity contribution in [3.63, 3.8) is 0 Å². The van der Waals surface area contributed by atoms with Crippen LogP contribution in [0.15, 0.2) is 23.6 Å². The van der Waals surface area contributed by atoms with Crippen LogP contribution < -0.4 is 0 Å². The van der Waals surface area contributed by atoms with E-state index in [0.717, 1.165) is 13.0 Å². The molecule has 2 aliphatic rings. The van der Waals surface area contributed by atoms with Gasteiger partial charge in [0.2, 0.25) is 0 Å². The highest BCUT2D eigenvalue weighted by molar-refractivity contribution is 8.58. The second-order valence-electron chi connectivity index (χ2n) is 3.71. The van der Waals surface area contributed by atoms with E-state index in [1.165, 1.54) is 12.8 Å². The van der Waals surface area contributed by atoms with Gasteiger partial charge in [-0.3, -0.25) is 0 Å². The Hall–Kier alpha value is 0.230. The van der Waals surface area contributed by atoms with Crippen LogP contribution in [0, 0.1) is 0 Å². The highest BCUT2D eigenvalue weighted by atomic mass is 33.1. The molecule has 78 valence electrons. The van der Waals surface area contributed by atoms with Crippen molar-refractivity contribution < 1.29 is 4.74 Å². The minimum absolute atomic E-state index is 0.362. The standard InChI is InChI=1S/C10H14OS3/c12-14(13)7-2-1-5-10(14)8-9-4-3-6-11-9/h1-2,5,7,9-10H,3-4,6,8H2. The van der Waals surface area contributed by atoms with Gasteiger partial charge >= 0.3 is 0 Å². The van der Waals surface area contributed by atoms with Crippen molar-refractivity contribution in [3.05, 3.63) is 23.6 Å². The zero-order chi connectivity index (χ0) is 10.0. The van der Waals surface area contributed by atoms with Gasteiger partial charge in [0.05, 0.1) is 6.10 Å². The predicted octanol–water partition coefficient (Wildman–Crippen LogP) is 2.09. The molecule has 0 amide bonds. The molecule has 2 aliphatic heterocycles. The Morgan fingerprint density at radius 1 is 1.36 bits per heavy atom. The van der Waals surface area contributed by atoms with Gasteiger partial charge in [-0.15, -0.1) is 0 Å². The van der Waals surface area contributed by atoms with Gasteiger partial charge in [-0.05, 0) is 47.0 Å². The second kappa shape index (κ2) is 4.39. The van der Waals surface area contributed by atoms with E-state index in [1.807, 2.05) is 11.5 Å². The van der Waals surface area contributed by atoms with Crippen molar-refractivity contribution in [3.8, 4) is 0 Å². The molecule has 0 aromatic heterocycles. The molecule has 1 fully saturated rings. The van der Waals surface area contributed by atoms with Gasteiger partial charge in [-0.25, -0.2) is 0 Å². The Morgan fingerprint density at radius 2 is 2.21 bits per heavy atom. The third-order valence-corrected chi connectivity index (χ3v) is 6.53. The predicted molar refractivity (Wildman–Crippen MR) is 67.8 cm³/mol. The molecule has 0 aliphatic carbocycles. The number of allylic oxidation sites excluding steroid dienone is 2. The fourth-order valence-corrected chi connectivity index (χ4v) is 4.40. The number of ether oxygens (including phenoxy) is 1. The summed E-state index contributed by atoms with van der Waals surface area (Å²) in [6, 6.07) is 0. The monoisotopic (exact) mass is 246 g/mol. The largest absolute Gasteiger partial charge is 0.378 e. The topological polar surface area (TPSA) is 9.23 Å². The normalized spacial score (nSPS) is 34.9. The molecule has 0 spiro atoms. The first kappa shape index (κ1) is 10.7.